The van der Waals surface area contributed by atoms with Crippen LogP contribution in [0.1, 0.15) is 26.7 Å². The fourth-order valence-corrected chi connectivity index (χ4v) is 0.716. The first kappa shape index (κ1) is 18.9. The van der Waals surface area contributed by atoms with Crippen LogP contribution >= 0.6 is 0 Å². The van der Waals surface area contributed by atoms with Crippen molar-refractivity contribution in [3.8, 4) is 0 Å². The summed E-state index contributed by atoms with van der Waals surface area (Å²) >= 11 is 0. The van der Waals surface area contributed by atoms with E-state index in [0.717, 1.165) is 12.8 Å². The van der Waals surface area contributed by atoms with Crippen molar-refractivity contribution < 1.29 is 26.5 Å². The van der Waals surface area contributed by atoms with Crippen molar-refractivity contribution in [1.29, 1.82) is 0 Å². The third-order valence-electron chi connectivity index (χ3n) is 1.35. The fourth-order valence-electron chi connectivity index (χ4n) is 0.716. The van der Waals surface area contributed by atoms with E-state index in [0.29, 0.717) is 6.79 Å². The summed E-state index contributed by atoms with van der Waals surface area (Å²) in [6.07, 6.45) is 1.87. The predicted molar refractivity (Wildman–Crippen MR) is 47.4 cm³/mol. The van der Waals surface area contributed by atoms with Crippen LogP contribution in [0.2, 0.25) is 0 Å². The summed E-state index contributed by atoms with van der Waals surface area (Å²) in [5.74, 6) is 0. The van der Waals surface area contributed by atoms with Gasteiger partial charge >= 0.3 is 23.1 Å². The van der Waals surface area contributed by atoms with Crippen molar-refractivity contribution in [1.82, 2.24) is 0 Å². The normalized spacial score (nSPS) is 10.0. The van der Waals surface area contributed by atoms with Gasteiger partial charge < -0.3 is 33.4 Å². The maximum atomic E-state index is 5.36. The molecule has 4 heteroatoms. The van der Waals surface area contributed by atoms with Gasteiger partial charge in [-0.05, 0) is 13.8 Å². The van der Waals surface area contributed by atoms with E-state index in [1.54, 1.807) is 7.11 Å². The summed E-state index contributed by atoms with van der Waals surface area (Å²) in [5, 5.41) is 0. The molecule has 0 heterocycles. The van der Waals surface area contributed by atoms with E-state index >= 15 is 0 Å². The predicted octanol–water partition coefficient (Wildman–Crippen LogP) is -1.38. The standard InChI is InChI=1S/C8H17O2.BrH.Mg/c1-5-6-8(2,3)10-7-9-4;;/h1,5-7H2,2-4H3;1H;/q-1;;+2/p-1. The van der Waals surface area contributed by atoms with Crippen LogP contribution in [0.25, 0.3) is 0 Å². The monoisotopic (exact) mass is 248 g/mol. The van der Waals surface area contributed by atoms with Crippen molar-refractivity contribution in [2.75, 3.05) is 13.9 Å². The Labute approximate surface area is 102 Å². The van der Waals surface area contributed by atoms with Gasteiger partial charge in [0.25, 0.3) is 0 Å². The largest absolute Gasteiger partial charge is 2.00 e. The van der Waals surface area contributed by atoms with Gasteiger partial charge in [0.2, 0.25) is 0 Å². The first-order chi connectivity index (χ1) is 4.62. The van der Waals surface area contributed by atoms with Crippen molar-refractivity contribution in [2.45, 2.75) is 32.3 Å². The van der Waals surface area contributed by atoms with E-state index in [1.165, 1.54) is 0 Å². The van der Waals surface area contributed by atoms with E-state index in [9.17, 15) is 0 Å². The van der Waals surface area contributed by atoms with E-state index in [-0.39, 0.29) is 45.6 Å². The minimum atomic E-state index is -0.0856. The molecule has 0 saturated carbocycles. The van der Waals surface area contributed by atoms with Crippen molar-refractivity contribution in [3.63, 3.8) is 0 Å². The van der Waals surface area contributed by atoms with Crippen LogP contribution in [0.3, 0.4) is 0 Å². The summed E-state index contributed by atoms with van der Waals surface area (Å²) in [4.78, 5) is 0. The molecule has 0 spiro atoms. The number of rotatable bonds is 5. The Kier molecular flexibility index (Phi) is 16.1. The Morgan fingerprint density at radius 2 is 1.83 bits per heavy atom. The molecular weight excluding hydrogens is 232 g/mol. The molecule has 0 amide bonds. The molecule has 2 nitrogen and oxygen atoms in total. The van der Waals surface area contributed by atoms with Gasteiger partial charge in [0.15, 0.2) is 0 Å². The molecule has 0 radical (unpaired) electrons. The molecule has 0 fully saturated rings. The average Bonchev–Trinajstić information content (AvgIpc) is 1.84. The van der Waals surface area contributed by atoms with Crippen LogP contribution in [-0.4, -0.2) is 42.6 Å². The quantitative estimate of drug-likeness (QED) is 0.340. The minimum absolute atomic E-state index is 0. The smallest absolute Gasteiger partial charge is 1.00 e. The van der Waals surface area contributed by atoms with Crippen LogP contribution in [0.5, 0.6) is 0 Å². The third-order valence-corrected chi connectivity index (χ3v) is 1.35. The van der Waals surface area contributed by atoms with Crippen LogP contribution in [0.15, 0.2) is 0 Å². The molecule has 0 N–H and O–H groups in total. The number of halogens is 1. The van der Waals surface area contributed by atoms with Gasteiger partial charge in [-0.3, -0.25) is 0 Å². The van der Waals surface area contributed by atoms with Crippen molar-refractivity contribution in [2.24, 2.45) is 0 Å². The Morgan fingerprint density at radius 3 is 2.17 bits per heavy atom. The van der Waals surface area contributed by atoms with E-state index in [1.807, 2.05) is 13.8 Å². The van der Waals surface area contributed by atoms with Crippen LogP contribution in [0.4, 0.5) is 0 Å². The topological polar surface area (TPSA) is 18.5 Å². The first-order valence-corrected chi connectivity index (χ1v) is 3.54. The number of methoxy groups -OCH3 is 1. The summed E-state index contributed by atoms with van der Waals surface area (Å²) in [7, 11) is 1.63. The number of hydrogen-bond acceptors (Lipinski definition) is 2. The summed E-state index contributed by atoms with van der Waals surface area (Å²) in [5.41, 5.74) is -0.0856. The van der Waals surface area contributed by atoms with E-state index in [2.05, 4.69) is 6.92 Å². The molecule has 0 atom stereocenters. The molecule has 0 aromatic heterocycles. The molecule has 0 rings (SSSR count). The van der Waals surface area contributed by atoms with Crippen molar-refractivity contribution in [3.05, 3.63) is 6.92 Å². The van der Waals surface area contributed by atoms with Gasteiger partial charge in [-0.25, -0.2) is 0 Å². The maximum Gasteiger partial charge on any atom is 2.00 e. The Bertz CT molecular complexity index is 89.1. The van der Waals surface area contributed by atoms with Gasteiger partial charge in [0.1, 0.15) is 6.79 Å². The van der Waals surface area contributed by atoms with Crippen LogP contribution in [0, 0.1) is 6.92 Å². The fraction of sp³-hybridized carbons (Fsp3) is 0.875. The zero-order valence-electron chi connectivity index (χ0n) is 8.23. The second-order valence-corrected chi connectivity index (χ2v) is 2.91. The number of ether oxygens (including phenoxy) is 2. The summed E-state index contributed by atoms with van der Waals surface area (Å²) in [6.45, 7) is 8.20. The SMILES string of the molecule is [Br-].[CH2-]CCC(C)(C)OCOC.[Mg+2]. The second kappa shape index (κ2) is 10.2. The third kappa shape index (κ3) is 11.2. The molecule has 0 unspecified atom stereocenters. The molecule has 12 heavy (non-hydrogen) atoms. The molecule has 0 aliphatic rings. The zero-order valence-corrected chi connectivity index (χ0v) is 11.2. The van der Waals surface area contributed by atoms with Gasteiger partial charge in [-0.2, -0.15) is 6.42 Å². The Hall–Kier alpha value is 1.17. The molecule has 70 valence electrons. The molecule has 0 saturated heterocycles. The van der Waals surface area contributed by atoms with Crippen molar-refractivity contribution >= 4 is 23.1 Å². The van der Waals surface area contributed by atoms with E-state index in [4.69, 9.17) is 9.47 Å². The Balaban J connectivity index is -0.000000405. The van der Waals surface area contributed by atoms with Crippen LogP contribution in [-0.2, 0) is 9.47 Å². The zero-order chi connectivity index (χ0) is 8.04. The molecule has 0 aromatic rings. The van der Waals surface area contributed by atoms with E-state index < -0.39 is 0 Å². The summed E-state index contributed by atoms with van der Waals surface area (Å²) < 4.78 is 10.1. The molecular formula is C8H17BrMgO2. The summed E-state index contributed by atoms with van der Waals surface area (Å²) in [6, 6.07) is 0. The average molecular weight is 249 g/mol. The second-order valence-electron chi connectivity index (χ2n) is 2.91. The van der Waals surface area contributed by atoms with Gasteiger partial charge in [-0.15, -0.1) is 0 Å². The Morgan fingerprint density at radius 1 is 1.33 bits per heavy atom. The number of hydrogen-bond donors (Lipinski definition) is 0. The van der Waals surface area contributed by atoms with Gasteiger partial charge in [0, 0.05) is 7.11 Å². The van der Waals surface area contributed by atoms with Gasteiger partial charge in [-0.1, -0.05) is 6.42 Å². The minimum Gasteiger partial charge on any atom is -1.00 e. The van der Waals surface area contributed by atoms with Crippen LogP contribution < -0.4 is 17.0 Å². The molecule has 0 aromatic carbocycles. The molecule has 0 aliphatic carbocycles. The molecule has 0 aliphatic heterocycles. The first-order valence-electron chi connectivity index (χ1n) is 3.54. The maximum absolute atomic E-state index is 5.36. The van der Waals surface area contributed by atoms with Gasteiger partial charge in [0.05, 0.1) is 5.60 Å². The molecule has 0 bridgehead atoms.